The van der Waals surface area contributed by atoms with Crippen molar-refractivity contribution in [2.75, 3.05) is 0 Å². The van der Waals surface area contributed by atoms with Crippen molar-refractivity contribution in [2.24, 2.45) is 0 Å². The second-order valence-electron chi connectivity index (χ2n) is 4.22. The molecule has 0 aliphatic rings. The van der Waals surface area contributed by atoms with E-state index in [1.54, 1.807) is 24.3 Å². The van der Waals surface area contributed by atoms with Crippen molar-refractivity contribution in [3.63, 3.8) is 0 Å². The molecule has 0 aliphatic carbocycles. The topological polar surface area (TPSA) is 66.0 Å². The van der Waals surface area contributed by atoms with Crippen LogP contribution >= 0.6 is 11.8 Å². The molecule has 1 heterocycles. The third-order valence-electron chi connectivity index (χ3n) is 2.34. The summed E-state index contributed by atoms with van der Waals surface area (Å²) in [5, 5.41) is 9.86. The van der Waals surface area contributed by atoms with Gasteiger partial charge in [0.05, 0.1) is 0 Å². The Hall–Kier alpha value is -1.75. The van der Waals surface area contributed by atoms with E-state index in [0.717, 1.165) is 4.90 Å². The van der Waals surface area contributed by atoms with Crippen LogP contribution in [0.3, 0.4) is 0 Å². The fraction of sp³-hybridized carbons (Fsp3) is 0.231. The summed E-state index contributed by atoms with van der Waals surface area (Å²) in [7, 11) is 0. The van der Waals surface area contributed by atoms with Crippen LogP contribution in [0.15, 0.2) is 45.0 Å². The first-order valence-electron chi connectivity index (χ1n) is 5.63. The number of nitrogens with zero attached hydrogens (tertiary/aromatic N) is 1. The third-order valence-corrected chi connectivity index (χ3v) is 3.27. The van der Waals surface area contributed by atoms with Crippen LogP contribution < -0.4 is 5.56 Å². The number of hydrogen-bond acceptors (Lipinski definition) is 4. The first-order chi connectivity index (χ1) is 8.54. The van der Waals surface area contributed by atoms with Gasteiger partial charge in [-0.25, -0.2) is 4.98 Å². The van der Waals surface area contributed by atoms with Crippen molar-refractivity contribution in [1.29, 1.82) is 0 Å². The zero-order chi connectivity index (χ0) is 13.1. The molecule has 4 nitrogen and oxygen atoms in total. The Bertz CT molecular complexity index is 591. The first kappa shape index (κ1) is 12.7. The predicted octanol–water partition coefficient (Wildman–Crippen LogP) is 2.75. The number of phenols is 1. The summed E-state index contributed by atoms with van der Waals surface area (Å²) in [4.78, 5) is 19.6. The number of nitrogens with one attached hydrogen (secondary N) is 1. The maximum atomic E-state index is 11.5. The smallest absolute Gasteiger partial charge is 0.252 e. The van der Waals surface area contributed by atoms with Gasteiger partial charge in [-0.15, -0.1) is 0 Å². The zero-order valence-corrected chi connectivity index (χ0v) is 11.0. The number of aromatic hydroxyl groups is 1. The molecule has 5 heteroatoms. The number of H-pyrrole nitrogens is 1. The van der Waals surface area contributed by atoms with Crippen molar-refractivity contribution < 1.29 is 5.11 Å². The monoisotopic (exact) mass is 262 g/mol. The summed E-state index contributed by atoms with van der Waals surface area (Å²) in [6.45, 7) is 3.96. The Balaban J connectivity index is 2.28. The molecule has 18 heavy (non-hydrogen) atoms. The summed E-state index contributed by atoms with van der Waals surface area (Å²) in [6, 6.07) is 8.27. The Kier molecular flexibility index (Phi) is 3.72. The van der Waals surface area contributed by atoms with Gasteiger partial charge in [-0.2, -0.15) is 0 Å². The number of aromatic nitrogens is 2. The lowest BCUT2D eigenvalue weighted by atomic mass is 10.2. The molecule has 2 N–H and O–H groups in total. The highest BCUT2D eigenvalue weighted by Gasteiger charge is 2.06. The van der Waals surface area contributed by atoms with E-state index < -0.39 is 0 Å². The van der Waals surface area contributed by atoms with Gasteiger partial charge in [0, 0.05) is 16.9 Å². The second-order valence-corrected chi connectivity index (χ2v) is 5.31. The molecule has 0 atom stereocenters. The molecule has 0 spiro atoms. The third kappa shape index (κ3) is 3.13. The van der Waals surface area contributed by atoms with Crippen LogP contribution in [0.1, 0.15) is 25.6 Å². The molecular weight excluding hydrogens is 248 g/mol. The number of phenolic OH excluding ortho intramolecular Hbond substituents is 1. The molecule has 0 fully saturated rings. The van der Waals surface area contributed by atoms with Gasteiger partial charge in [0.1, 0.15) is 16.6 Å². The van der Waals surface area contributed by atoms with Crippen LogP contribution in [0.5, 0.6) is 5.75 Å². The fourth-order valence-corrected chi connectivity index (χ4v) is 2.24. The number of hydrogen-bond donors (Lipinski definition) is 2. The van der Waals surface area contributed by atoms with Crippen molar-refractivity contribution in [2.45, 2.75) is 29.7 Å². The second kappa shape index (κ2) is 5.27. The standard InChI is InChI=1S/C13H14N2O2S/c1-8(2)13-14-11(17)7-12(15-13)18-10-5-3-9(16)4-6-10/h3-8,16H,1-2H3,(H,14,15,17). The normalized spacial score (nSPS) is 10.8. The Morgan fingerprint density at radius 2 is 1.94 bits per heavy atom. The number of aromatic amines is 1. The Labute approximate surface area is 109 Å². The maximum Gasteiger partial charge on any atom is 0.252 e. The lowest BCUT2D eigenvalue weighted by molar-refractivity contribution is 0.475. The van der Waals surface area contributed by atoms with E-state index >= 15 is 0 Å². The number of benzene rings is 1. The van der Waals surface area contributed by atoms with Gasteiger partial charge in [0.15, 0.2) is 0 Å². The van der Waals surface area contributed by atoms with E-state index in [2.05, 4.69) is 9.97 Å². The largest absolute Gasteiger partial charge is 0.508 e. The van der Waals surface area contributed by atoms with Gasteiger partial charge >= 0.3 is 0 Å². The predicted molar refractivity (Wildman–Crippen MR) is 71.2 cm³/mol. The summed E-state index contributed by atoms with van der Waals surface area (Å²) >= 11 is 1.40. The first-order valence-corrected chi connectivity index (χ1v) is 6.44. The van der Waals surface area contributed by atoms with Crippen LogP contribution in [0.2, 0.25) is 0 Å². The number of rotatable bonds is 3. The summed E-state index contributed by atoms with van der Waals surface area (Å²) in [5.41, 5.74) is -0.144. The minimum absolute atomic E-state index is 0.144. The van der Waals surface area contributed by atoms with Crippen LogP contribution in [0.4, 0.5) is 0 Å². The highest BCUT2D eigenvalue weighted by molar-refractivity contribution is 7.99. The minimum Gasteiger partial charge on any atom is -0.508 e. The molecule has 0 saturated carbocycles. The summed E-state index contributed by atoms with van der Waals surface area (Å²) in [5.74, 6) is 1.09. The molecule has 0 unspecified atom stereocenters. The van der Waals surface area contributed by atoms with E-state index in [4.69, 9.17) is 0 Å². The molecule has 0 radical (unpaired) electrons. The molecule has 0 amide bonds. The average Bonchev–Trinajstić information content (AvgIpc) is 2.31. The van der Waals surface area contributed by atoms with E-state index in [0.29, 0.717) is 10.9 Å². The molecule has 2 rings (SSSR count). The van der Waals surface area contributed by atoms with Crippen molar-refractivity contribution >= 4 is 11.8 Å². The van der Waals surface area contributed by atoms with Crippen LogP contribution in [-0.4, -0.2) is 15.1 Å². The highest BCUT2D eigenvalue weighted by Crippen LogP contribution is 2.27. The van der Waals surface area contributed by atoms with Crippen LogP contribution in [0.25, 0.3) is 0 Å². The van der Waals surface area contributed by atoms with Gasteiger partial charge in [-0.05, 0) is 24.3 Å². The van der Waals surface area contributed by atoms with Gasteiger partial charge < -0.3 is 10.1 Å². The van der Waals surface area contributed by atoms with Crippen molar-refractivity contribution in [3.8, 4) is 5.75 Å². The quantitative estimate of drug-likeness (QED) is 0.835. The SMILES string of the molecule is CC(C)c1nc(Sc2ccc(O)cc2)cc(=O)[nH]1. The highest BCUT2D eigenvalue weighted by atomic mass is 32.2. The maximum absolute atomic E-state index is 11.5. The molecule has 0 bridgehead atoms. The molecule has 1 aromatic heterocycles. The molecule has 94 valence electrons. The van der Waals surface area contributed by atoms with E-state index in [1.807, 2.05) is 13.8 Å². The Morgan fingerprint density at radius 3 is 2.56 bits per heavy atom. The van der Waals surface area contributed by atoms with Crippen molar-refractivity contribution in [3.05, 3.63) is 46.5 Å². The summed E-state index contributed by atoms with van der Waals surface area (Å²) < 4.78 is 0. The molecule has 1 aromatic carbocycles. The van der Waals surface area contributed by atoms with E-state index in [9.17, 15) is 9.90 Å². The molecular formula is C13H14N2O2S. The fourth-order valence-electron chi connectivity index (χ4n) is 1.41. The lowest BCUT2D eigenvalue weighted by Gasteiger charge is -2.06. The van der Waals surface area contributed by atoms with Crippen LogP contribution in [0, 0.1) is 0 Å². The molecule has 0 saturated heterocycles. The van der Waals surface area contributed by atoms with Crippen LogP contribution in [-0.2, 0) is 0 Å². The molecule has 2 aromatic rings. The minimum atomic E-state index is -0.144. The van der Waals surface area contributed by atoms with Gasteiger partial charge in [0.2, 0.25) is 0 Å². The molecule has 0 aliphatic heterocycles. The lowest BCUT2D eigenvalue weighted by Crippen LogP contribution is -2.11. The van der Waals surface area contributed by atoms with Crippen molar-refractivity contribution in [1.82, 2.24) is 9.97 Å². The zero-order valence-electron chi connectivity index (χ0n) is 10.2. The van der Waals surface area contributed by atoms with Gasteiger partial charge in [-0.3, -0.25) is 4.79 Å². The Morgan fingerprint density at radius 1 is 1.28 bits per heavy atom. The van der Waals surface area contributed by atoms with E-state index in [1.165, 1.54) is 17.8 Å². The average molecular weight is 262 g/mol. The summed E-state index contributed by atoms with van der Waals surface area (Å²) in [6.07, 6.45) is 0. The van der Waals surface area contributed by atoms with Gasteiger partial charge in [-0.1, -0.05) is 25.6 Å². The van der Waals surface area contributed by atoms with E-state index in [-0.39, 0.29) is 17.2 Å². The van der Waals surface area contributed by atoms with Gasteiger partial charge in [0.25, 0.3) is 5.56 Å².